The lowest BCUT2D eigenvalue weighted by atomic mass is 10.1. The summed E-state index contributed by atoms with van der Waals surface area (Å²) in [5, 5.41) is 9.16. The molecule has 0 amide bonds. The van der Waals surface area contributed by atoms with Gasteiger partial charge >= 0.3 is 0 Å². The van der Waals surface area contributed by atoms with Gasteiger partial charge in [-0.1, -0.05) is 24.3 Å². The predicted molar refractivity (Wildman–Crippen MR) is 70.2 cm³/mol. The van der Waals surface area contributed by atoms with Crippen LogP contribution in [0.15, 0.2) is 55.4 Å². The minimum absolute atomic E-state index is 0.0572. The molecule has 1 aromatic carbocycles. The molecule has 2 aromatic heterocycles. The molecule has 0 fully saturated rings. The molecule has 5 nitrogen and oxygen atoms in total. The maximum atomic E-state index is 9.16. The van der Waals surface area contributed by atoms with Gasteiger partial charge in [-0.2, -0.15) is 0 Å². The second-order valence-electron chi connectivity index (χ2n) is 3.97. The Hall–Kier alpha value is -2.82. The first-order chi connectivity index (χ1) is 9.33. The maximum absolute atomic E-state index is 9.16. The number of benzene rings is 1. The quantitative estimate of drug-likeness (QED) is 0.755. The number of hydrogen-bond donors (Lipinski definition) is 1. The van der Waals surface area contributed by atoms with Crippen LogP contribution in [0.2, 0.25) is 0 Å². The van der Waals surface area contributed by atoms with Crippen molar-refractivity contribution < 1.29 is 5.11 Å². The third-order valence-corrected chi connectivity index (χ3v) is 2.68. The number of hydrogen-bond acceptors (Lipinski definition) is 5. The van der Waals surface area contributed by atoms with Crippen LogP contribution in [-0.2, 0) is 0 Å². The van der Waals surface area contributed by atoms with E-state index in [1.165, 1.54) is 18.7 Å². The van der Waals surface area contributed by atoms with E-state index in [0.717, 1.165) is 16.7 Å². The number of nitrogens with zero attached hydrogens (tertiary/aromatic N) is 4. The Balaban J connectivity index is 1.93. The topological polar surface area (TPSA) is 71.8 Å². The molecular weight excluding hydrogens is 240 g/mol. The monoisotopic (exact) mass is 250 g/mol. The van der Waals surface area contributed by atoms with Crippen molar-refractivity contribution in [2.75, 3.05) is 0 Å². The van der Waals surface area contributed by atoms with E-state index in [1.54, 1.807) is 12.4 Å². The SMILES string of the molecule is Oc1cnc(-c2ccc(-c3cncnc3)cc2)nc1. The second kappa shape index (κ2) is 4.81. The van der Waals surface area contributed by atoms with Gasteiger partial charge in [0.05, 0.1) is 12.4 Å². The molecular formula is C14H10N4O. The molecule has 0 unspecified atom stereocenters. The molecule has 0 atom stereocenters. The Morgan fingerprint density at radius 3 is 1.89 bits per heavy atom. The molecule has 5 heteroatoms. The molecule has 1 N–H and O–H groups in total. The van der Waals surface area contributed by atoms with Crippen LogP contribution in [0.4, 0.5) is 0 Å². The van der Waals surface area contributed by atoms with Crippen LogP contribution in [0.5, 0.6) is 5.75 Å². The molecule has 3 aromatic rings. The Morgan fingerprint density at radius 1 is 0.684 bits per heavy atom. The molecule has 0 radical (unpaired) electrons. The van der Waals surface area contributed by atoms with Gasteiger partial charge in [-0.25, -0.2) is 19.9 Å². The van der Waals surface area contributed by atoms with E-state index in [2.05, 4.69) is 19.9 Å². The summed E-state index contributed by atoms with van der Waals surface area (Å²) in [5.74, 6) is 0.635. The largest absolute Gasteiger partial charge is 0.505 e. The van der Waals surface area contributed by atoms with E-state index in [4.69, 9.17) is 5.11 Å². The van der Waals surface area contributed by atoms with Crippen molar-refractivity contribution in [3.8, 4) is 28.3 Å². The lowest BCUT2D eigenvalue weighted by molar-refractivity contribution is 0.470. The van der Waals surface area contributed by atoms with Crippen LogP contribution in [-0.4, -0.2) is 25.0 Å². The van der Waals surface area contributed by atoms with Gasteiger partial charge in [0.2, 0.25) is 0 Å². The van der Waals surface area contributed by atoms with Crippen LogP contribution in [0.3, 0.4) is 0 Å². The summed E-state index contributed by atoms with van der Waals surface area (Å²) in [4.78, 5) is 16.1. The van der Waals surface area contributed by atoms with Gasteiger partial charge in [-0.05, 0) is 5.56 Å². The molecule has 0 bridgehead atoms. The minimum Gasteiger partial charge on any atom is -0.505 e. The Morgan fingerprint density at radius 2 is 1.26 bits per heavy atom. The summed E-state index contributed by atoms with van der Waals surface area (Å²) in [6, 6.07) is 7.78. The summed E-state index contributed by atoms with van der Waals surface area (Å²) in [6.07, 6.45) is 7.78. The van der Waals surface area contributed by atoms with Crippen LogP contribution >= 0.6 is 0 Å². The lowest BCUT2D eigenvalue weighted by Gasteiger charge is -2.03. The van der Waals surface area contributed by atoms with E-state index >= 15 is 0 Å². The van der Waals surface area contributed by atoms with Crippen molar-refractivity contribution in [1.82, 2.24) is 19.9 Å². The highest BCUT2D eigenvalue weighted by Crippen LogP contribution is 2.22. The average molecular weight is 250 g/mol. The fraction of sp³-hybridized carbons (Fsp3) is 0. The van der Waals surface area contributed by atoms with Gasteiger partial charge < -0.3 is 5.11 Å². The predicted octanol–water partition coefficient (Wildman–Crippen LogP) is 2.31. The Bertz CT molecular complexity index is 666. The van der Waals surface area contributed by atoms with Crippen molar-refractivity contribution in [3.63, 3.8) is 0 Å². The highest BCUT2D eigenvalue weighted by molar-refractivity contribution is 5.66. The Labute approximate surface area is 109 Å². The molecule has 0 saturated carbocycles. The maximum Gasteiger partial charge on any atom is 0.159 e. The van der Waals surface area contributed by atoms with Crippen molar-refractivity contribution in [3.05, 3.63) is 55.4 Å². The van der Waals surface area contributed by atoms with E-state index in [9.17, 15) is 0 Å². The van der Waals surface area contributed by atoms with Crippen molar-refractivity contribution in [2.45, 2.75) is 0 Å². The highest BCUT2D eigenvalue weighted by Gasteiger charge is 2.02. The van der Waals surface area contributed by atoms with E-state index in [-0.39, 0.29) is 5.75 Å². The molecule has 0 aliphatic heterocycles. The van der Waals surface area contributed by atoms with E-state index < -0.39 is 0 Å². The summed E-state index contributed by atoms with van der Waals surface area (Å²) >= 11 is 0. The highest BCUT2D eigenvalue weighted by atomic mass is 16.3. The van der Waals surface area contributed by atoms with E-state index in [1.807, 2.05) is 24.3 Å². The van der Waals surface area contributed by atoms with Gasteiger partial charge in [-0.3, -0.25) is 0 Å². The van der Waals surface area contributed by atoms with Crippen LogP contribution in [0.25, 0.3) is 22.5 Å². The van der Waals surface area contributed by atoms with Gasteiger partial charge in [0.15, 0.2) is 11.6 Å². The lowest BCUT2D eigenvalue weighted by Crippen LogP contribution is -1.88. The van der Waals surface area contributed by atoms with Crippen molar-refractivity contribution in [2.24, 2.45) is 0 Å². The fourth-order valence-electron chi connectivity index (χ4n) is 1.73. The third kappa shape index (κ3) is 2.40. The van der Waals surface area contributed by atoms with Crippen molar-refractivity contribution in [1.29, 1.82) is 0 Å². The molecule has 0 aliphatic carbocycles. The van der Waals surface area contributed by atoms with Gasteiger partial charge in [0.1, 0.15) is 6.33 Å². The Kier molecular flexibility index (Phi) is 2.86. The summed E-state index contributed by atoms with van der Waals surface area (Å²) in [5.41, 5.74) is 2.88. The van der Waals surface area contributed by atoms with Gasteiger partial charge in [0, 0.05) is 23.5 Å². The molecule has 3 rings (SSSR count). The molecule has 0 spiro atoms. The first-order valence-electron chi connectivity index (χ1n) is 5.70. The van der Waals surface area contributed by atoms with Crippen LogP contribution in [0, 0.1) is 0 Å². The summed E-state index contributed by atoms with van der Waals surface area (Å²) in [7, 11) is 0. The molecule has 92 valence electrons. The zero-order chi connectivity index (χ0) is 13.1. The summed E-state index contributed by atoms with van der Waals surface area (Å²) in [6.45, 7) is 0. The zero-order valence-corrected chi connectivity index (χ0v) is 9.93. The smallest absolute Gasteiger partial charge is 0.159 e. The zero-order valence-electron chi connectivity index (χ0n) is 9.93. The van der Waals surface area contributed by atoms with E-state index in [0.29, 0.717) is 5.82 Å². The van der Waals surface area contributed by atoms with Crippen LogP contribution < -0.4 is 0 Å². The summed E-state index contributed by atoms with van der Waals surface area (Å²) < 4.78 is 0. The number of aromatic nitrogens is 4. The standard InChI is InChI=1S/C14H10N4O/c19-13-7-17-14(18-8-13)11-3-1-10(2-4-11)12-5-15-9-16-6-12/h1-9,19H. The molecule has 0 saturated heterocycles. The second-order valence-corrected chi connectivity index (χ2v) is 3.97. The van der Waals surface area contributed by atoms with Crippen LogP contribution in [0.1, 0.15) is 0 Å². The average Bonchev–Trinajstić information content (AvgIpc) is 2.49. The first kappa shape index (κ1) is 11.3. The van der Waals surface area contributed by atoms with Gasteiger partial charge in [-0.15, -0.1) is 0 Å². The number of rotatable bonds is 2. The minimum atomic E-state index is 0.0572. The fourth-order valence-corrected chi connectivity index (χ4v) is 1.73. The number of aromatic hydroxyl groups is 1. The molecule has 19 heavy (non-hydrogen) atoms. The molecule has 0 aliphatic rings. The van der Waals surface area contributed by atoms with Crippen molar-refractivity contribution >= 4 is 0 Å². The van der Waals surface area contributed by atoms with Gasteiger partial charge in [0.25, 0.3) is 0 Å². The third-order valence-electron chi connectivity index (χ3n) is 2.68. The molecule has 2 heterocycles. The first-order valence-corrected chi connectivity index (χ1v) is 5.70. The normalized spacial score (nSPS) is 10.3.